The Labute approximate surface area is 136 Å². The molecule has 0 bridgehead atoms. The van der Waals surface area contributed by atoms with Gasteiger partial charge in [0.2, 0.25) is 0 Å². The highest BCUT2D eigenvalue weighted by atomic mass is 79.9. The van der Waals surface area contributed by atoms with Crippen molar-refractivity contribution in [3.05, 3.63) is 58.1 Å². The molecule has 0 aliphatic carbocycles. The van der Waals surface area contributed by atoms with E-state index in [1.54, 1.807) is 56.6 Å². The fourth-order valence-electron chi connectivity index (χ4n) is 1.89. The summed E-state index contributed by atoms with van der Waals surface area (Å²) in [5, 5.41) is 5.30. The van der Waals surface area contributed by atoms with Crippen molar-refractivity contribution < 1.29 is 14.3 Å². The topological polar surface area (TPSA) is 67.4 Å². The van der Waals surface area contributed by atoms with Crippen LogP contribution in [0.1, 0.15) is 20.7 Å². The van der Waals surface area contributed by atoms with Crippen LogP contribution in [-0.4, -0.2) is 26.0 Å². The Morgan fingerprint density at radius 1 is 1.05 bits per heavy atom. The summed E-state index contributed by atoms with van der Waals surface area (Å²) in [6.45, 7) is 0. The second-order valence-electron chi connectivity index (χ2n) is 4.46. The van der Waals surface area contributed by atoms with Crippen molar-refractivity contribution in [1.29, 1.82) is 0 Å². The van der Waals surface area contributed by atoms with Gasteiger partial charge in [0, 0.05) is 23.9 Å². The number of methoxy groups -OCH3 is 1. The van der Waals surface area contributed by atoms with Gasteiger partial charge < -0.3 is 15.4 Å². The van der Waals surface area contributed by atoms with E-state index < -0.39 is 0 Å². The van der Waals surface area contributed by atoms with Crippen molar-refractivity contribution in [1.82, 2.24) is 5.32 Å². The standard InChI is InChI=1S/C16H15BrN2O3/c1-18-15(20)10-4-3-5-12(8-10)19-16(21)11-6-7-14(22-2)13(17)9-11/h3-9H,1-2H3,(H,18,20)(H,19,21). The van der Waals surface area contributed by atoms with Gasteiger partial charge in [0.1, 0.15) is 5.75 Å². The monoisotopic (exact) mass is 362 g/mol. The third-order valence-corrected chi connectivity index (χ3v) is 3.64. The van der Waals surface area contributed by atoms with Gasteiger partial charge in [0.15, 0.2) is 0 Å². The smallest absolute Gasteiger partial charge is 0.255 e. The molecule has 0 radical (unpaired) electrons. The molecule has 22 heavy (non-hydrogen) atoms. The van der Waals surface area contributed by atoms with Crippen LogP contribution in [0.25, 0.3) is 0 Å². The van der Waals surface area contributed by atoms with Crippen molar-refractivity contribution in [2.75, 3.05) is 19.5 Å². The van der Waals surface area contributed by atoms with Crippen molar-refractivity contribution >= 4 is 33.4 Å². The summed E-state index contributed by atoms with van der Waals surface area (Å²) in [5.74, 6) is 0.180. The van der Waals surface area contributed by atoms with E-state index in [2.05, 4.69) is 26.6 Å². The zero-order valence-corrected chi connectivity index (χ0v) is 13.7. The summed E-state index contributed by atoms with van der Waals surface area (Å²) < 4.78 is 5.83. The average Bonchev–Trinajstić information content (AvgIpc) is 2.54. The number of carbonyl (C=O) groups is 2. The van der Waals surface area contributed by atoms with Crippen LogP contribution >= 0.6 is 15.9 Å². The number of hydrogen-bond acceptors (Lipinski definition) is 3. The minimum absolute atomic E-state index is 0.205. The van der Waals surface area contributed by atoms with Crippen molar-refractivity contribution in [2.45, 2.75) is 0 Å². The lowest BCUT2D eigenvalue weighted by atomic mass is 10.1. The van der Waals surface area contributed by atoms with Crippen molar-refractivity contribution in [3.63, 3.8) is 0 Å². The zero-order chi connectivity index (χ0) is 16.1. The van der Waals surface area contributed by atoms with E-state index in [4.69, 9.17) is 4.74 Å². The van der Waals surface area contributed by atoms with Crippen LogP contribution in [0.15, 0.2) is 46.9 Å². The summed E-state index contributed by atoms with van der Waals surface area (Å²) in [6.07, 6.45) is 0. The molecule has 2 aromatic carbocycles. The second kappa shape index (κ2) is 7.09. The summed E-state index contributed by atoms with van der Waals surface area (Å²) in [5.41, 5.74) is 1.52. The molecule has 0 saturated carbocycles. The first kappa shape index (κ1) is 16.0. The van der Waals surface area contributed by atoms with Crippen molar-refractivity contribution in [2.24, 2.45) is 0 Å². The highest BCUT2D eigenvalue weighted by molar-refractivity contribution is 9.10. The highest BCUT2D eigenvalue weighted by Crippen LogP contribution is 2.26. The van der Waals surface area contributed by atoms with Crippen LogP contribution in [0.2, 0.25) is 0 Å². The molecule has 0 saturated heterocycles. The lowest BCUT2D eigenvalue weighted by Gasteiger charge is -2.09. The van der Waals surface area contributed by atoms with Gasteiger partial charge in [0.25, 0.3) is 11.8 Å². The molecular formula is C16H15BrN2O3. The van der Waals surface area contributed by atoms with Crippen LogP contribution in [-0.2, 0) is 0 Å². The molecule has 0 aliphatic rings. The first-order valence-corrected chi connectivity index (χ1v) is 7.31. The van der Waals surface area contributed by atoms with Gasteiger partial charge in [-0.2, -0.15) is 0 Å². The maximum absolute atomic E-state index is 12.2. The quantitative estimate of drug-likeness (QED) is 0.878. The Bertz CT molecular complexity index is 716. The Hall–Kier alpha value is -2.34. The van der Waals surface area contributed by atoms with Gasteiger partial charge in [-0.15, -0.1) is 0 Å². The molecule has 2 aromatic rings. The van der Waals surface area contributed by atoms with Gasteiger partial charge in [-0.25, -0.2) is 0 Å². The van der Waals surface area contributed by atoms with E-state index in [-0.39, 0.29) is 11.8 Å². The summed E-state index contributed by atoms with van der Waals surface area (Å²) >= 11 is 3.34. The van der Waals surface area contributed by atoms with E-state index in [1.807, 2.05) is 0 Å². The zero-order valence-electron chi connectivity index (χ0n) is 12.1. The summed E-state index contributed by atoms with van der Waals surface area (Å²) in [4.78, 5) is 23.8. The summed E-state index contributed by atoms with van der Waals surface area (Å²) in [7, 11) is 3.12. The molecule has 114 valence electrons. The molecule has 6 heteroatoms. The van der Waals surface area contributed by atoms with E-state index in [1.165, 1.54) is 0 Å². The number of benzene rings is 2. The molecular weight excluding hydrogens is 348 g/mol. The molecule has 0 aliphatic heterocycles. The molecule has 5 nitrogen and oxygen atoms in total. The Balaban J connectivity index is 2.18. The van der Waals surface area contributed by atoms with E-state index in [0.29, 0.717) is 27.0 Å². The van der Waals surface area contributed by atoms with Crippen LogP contribution in [0.3, 0.4) is 0 Å². The van der Waals surface area contributed by atoms with Crippen LogP contribution in [0.4, 0.5) is 5.69 Å². The van der Waals surface area contributed by atoms with E-state index in [9.17, 15) is 9.59 Å². The Kier molecular flexibility index (Phi) is 5.16. The first-order chi connectivity index (χ1) is 10.5. The van der Waals surface area contributed by atoms with Gasteiger partial charge in [0.05, 0.1) is 11.6 Å². The largest absolute Gasteiger partial charge is 0.496 e. The molecule has 0 heterocycles. The van der Waals surface area contributed by atoms with Gasteiger partial charge in [-0.05, 0) is 52.3 Å². The van der Waals surface area contributed by atoms with Gasteiger partial charge in [-0.1, -0.05) is 6.07 Å². The number of hydrogen-bond donors (Lipinski definition) is 2. The van der Waals surface area contributed by atoms with Gasteiger partial charge >= 0.3 is 0 Å². The second-order valence-corrected chi connectivity index (χ2v) is 5.32. The molecule has 0 spiro atoms. The SMILES string of the molecule is CNC(=O)c1cccc(NC(=O)c2ccc(OC)c(Br)c2)c1. The van der Waals surface area contributed by atoms with Gasteiger partial charge in [-0.3, -0.25) is 9.59 Å². The van der Waals surface area contributed by atoms with E-state index in [0.717, 1.165) is 0 Å². The molecule has 2 amide bonds. The maximum Gasteiger partial charge on any atom is 0.255 e. The van der Waals surface area contributed by atoms with Crippen LogP contribution < -0.4 is 15.4 Å². The molecule has 2 N–H and O–H groups in total. The number of carbonyl (C=O) groups excluding carboxylic acids is 2. The van der Waals surface area contributed by atoms with E-state index >= 15 is 0 Å². The normalized spacial score (nSPS) is 9.95. The predicted octanol–water partition coefficient (Wildman–Crippen LogP) is 3.07. The maximum atomic E-state index is 12.2. The lowest BCUT2D eigenvalue weighted by Crippen LogP contribution is -2.18. The molecule has 0 fully saturated rings. The minimum atomic E-state index is -0.266. The third-order valence-electron chi connectivity index (χ3n) is 3.02. The fraction of sp³-hybridized carbons (Fsp3) is 0.125. The number of anilines is 1. The Morgan fingerprint density at radius 3 is 2.41 bits per heavy atom. The molecule has 0 unspecified atom stereocenters. The molecule has 0 aromatic heterocycles. The number of amides is 2. The molecule has 2 rings (SSSR count). The van der Waals surface area contributed by atoms with Crippen LogP contribution in [0.5, 0.6) is 5.75 Å². The van der Waals surface area contributed by atoms with Crippen molar-refractivity contribution in [3.8, 4) is 5.75 Å². The number of ether oxygens (including phenoxy) is 1. The average molecular weight is 363 g/mol. The number of halogens is 1. The third kappa shape index (κ3) is 3.65. The minimum Gasteiger partial charge on any atom is -0.496 e. The predicted molar refractivity (Wildman–Crippen MR) is 88.5 cm³/mol. The van der Waals surface area contributed by atoms with Crippen LogP contribution in [0, 0.1) is 0 Å². The Morgan fingerprint density at radius 2 is 1.77 bits per heavy atom. The number of nitrogens with one attached hydrogen (secondary N) is 2. The number of rotatable bonds is 4. The summed E-state index contributed by atoms with van der Waals surface area (Å²) in [6, 6.07) is 11.8. The lowest BCUT2D eigenvalue weighted by molar-refractivity contribution is 0.0961. The highest BCUT2D eigenvalue weighted by Gasteiger charge is 2.10. The molecule has 0 atom stereocenters. The first-order valence-electron chi connectivity index (χ1n) is 6.52. The fourth-order valence-corrected chi connectivity index (χ4v) is 2.43.